The lowest BCUT2D eigenvalue weighted by Gasteiger charge is -2.26. The average molecular weight is 682 g/mol. The molecule has 0 radical (unpaired) electrons. The Kier molecular flexibility index (Phi) is 9.09. The van der Waals surface area contributed by atoms with Crippen LogP contribution >= 0.6 is 27.3 Å². The molecule has 0 bridgehead atoms. The summed E-state index contributed by atoms with van der Waals surface area (Å²) in [4.78, 5) is 33.2. The van der Waals surface area contributed by atoms with Gasteiger partial charge in [-0.25, -0.2) is 9.79 Å². The first kappa shape index (κ1) is 30.3. The van der Waals surface area contributed by atoms with Crippen molar-refractivity contribution in [2.24, 2.45) is 4.99 Å². The monoisotopic (exact) mass is 680 g/mol. The van der Waals surface area contributed by atoms with Crippen molar-refractivity contribution in [2.45, 2.75) is 19.6 Å². The Bertz CT molecular complexity index is 2050. The van der Waals surface area contributed by atoms with Crippen LogP contribution < -0.4 is 24.4 Å². The van der Waals surface area contributed by atoms with E-state index in [1.807, 2.05) is 109 Å². The molecule has 0 saturated heterocycles. The number of aromatic nitrogens is 1. The van der Waals surface area contributed by atoms with Gasteiger partial charge in [-0.1, -0.05) is 94.0 Å². The van der Waals surface area contributed by atoms with Crippen molar-refractivity contribution in [1.29, 1.82) is 0 Å². The largest absolute Gasteiger partial charge is 0.497 e. The lowest BCUT2D eigenvalue weighted by molar-refractivity contribution is -0.138. The molecule has 2 heterocycles. The van der Waals surface area contributed by atoms with E-state index >= 15 is 0 Å². The molecule has 1 aromatic heterocycles. The number of carbonyl (C=O) groups is 1. The Balaban J connectivity index is 1.47. The summed E-state index contributed by atoms with van der Waals surface area (Å²) in [5.41, 5.74) is 3.87. The number of hydrogen-bond acceptors (Lipinski definition) is 7. The van der Waals surface area contributed by atoms with E-state index in [2.05, 4.69) is 15.9 Å². The fourth-order valence-electron chi connectivity index (χ4n) is 5.13. The minimum absolute atomic E-state index is 0.185. The standard InChI is InChI=1S/C36H29BrN2O5S/c1-3-43-35(41)31-32(25-9-5-4-6-10-25)38-36-39(33(31)26-14-18-28(42-2)19-15-26)34(40)30(45-36)21-24-8-7-11-29(20-24)44-22-23-12-16-27(37)17-13-23/h4-21,33H,3,22H2,1-2H3/b30-21-/t33-/m0/s1. The number of hydrogen-bond donors (Lipinski definition) is 0. The topological polar surface area (TPSA) is 79.1 Å². The summed E-state index contributed by atoms with van der Waals surface area (Å²) in [6, 6.07) is 31.6. The van der Waals surface area contributed by atoms with Gasteiger partial charge in [-0.15, -0.1) is 0 Å². The van der Waals surface area contributed by atoms with Gasteiger partial charge in [0.1, 0.15) is 18.1 Å². The molecule has 1 aliphatic rings. The quantitative estimate of drug-likeness (QED) is 0.171. The van der Waals surface area contributed by atoms with Crippen LogP contribution in [0, 0.1) is 0 Å². The predicted octanol–water partition coefficient (Wildman–Crippen LogP) is 6.29. The molecule has 0 amide bonds. The first-order chi connectivity index (χ1) is 21.9. The molecular formula is C36H29BrN2O5S. The van der Waals surface area contributed by atoms with Gasteiger partial charge >= 0.3 is 5.97 Å². The van der Waals surface area contributed by atoms with Gasteiger partial charge < -0.3 is 14.2 Å². The van der Waals surface area contributed by atoms with E-state index in [-0.39, 0.29) is 12.2 Å². The van der Waals surface area contributed by atoms with Crippen LogP contribution in [-0.4, -0.2) is 24.3 Å². The van der Waals surface area contributed by atoms with Crippen molar-refractivity contribution >= 4 is 45.0 Å². The Hall–Kier alpha value is -4.73. The van der Waals surface area contributed by atoms with Crippen LogP contribution in [0.3, 0.4) is 0 Å². The van der Waals surface area contributed by atoms with Crippen LogP contribution in [0.15, 0.2) is 123 Å². The molecule has 0 fully saturated rings. The molecule has 6 rings (SSSR count). The molecule has 1 aliphatic heterocycles. The molecule has 0 unspecified atom stereocenters. The number of nitrogens with zero attached hydrogens (tertiary/aromatic N) is 2. The second-order valence-electron chi connectivity index (χ2n) is 10.2. The van der Waals surface area contributed by atoms with E-state index in [4.69, 9.17) is 19.2 Å². The molecule has 45 heavy (non-hydrogen) atoms. The van der Waals surface area contributed by atoms with Crippen molar-refractivity contribution in [3.05, 3.63) is 155 Å². The number of halogens is 1. The Morgan fingerprint density at radius 2 is 1.71 bits per heavy atom. The second-order valence-corrected chi connectivity index (χ2v) is 12.1. The predicted molar refractivity (Wildman–Crippen MR) is 179 cm³/mol. The van der Waals surface area contributed by atoms with Gasteiger partial charge in [-0.2, -0.15) is 0 Å². The summed E-state index contributed by atoms with van der Waals surface area (Å²) >= 11 is 4.73. The lowest BCUT2D eigenvalue weighted by atomic mass is 9.93. The van der Waals surface area contributed by atoms with Gasteiger partial charge in [0.2, 0.25) is 0 Å². The molecule has 0 N–H and O–H groups in total. The Morgan fingerprint density at radius 1 is 0.956 bits per heavy atom. The average Bonchev–Trinajstić information content (AvgIpc) is 3.38. The zero-order chi connectivity index (χ0) is 31.3. The van der Waals surface area contributed by atoms with Crippen LogP contribution in [0.5, 0.6) is 11.5 Å². The summed E-state index contributed by atoms with van der Waals surface area (Å²) in [5, 5.41) is 0. The molecule has 226 valence electrons. The number of rotatable bonds is 9. The second kappa shape index (κ2) is 13.5. The summed E-state index contributed by atoms with van der Waals surface area (Å²) < 4.78 is 20.0. The van der Waals surface area contributed by atoms with E-state index in [1.165, 1.54) is 11.3 Å². The first-order valence-electron chi connectivity index (χ1n) is 14.3. The van der Waals surface area contributed by atoms with Gasteiger partial charge in [0.25, 0.3) is 5.56 Å². The number of ether oxygens (including phenoxy) is 3. The van der Waals surface area contributed by atoms with Crippen molar-refractivity contribution in [1.82, 2.24) is 4.57 Å². The molecule has 9 heteroatoms. The van der Waals surface area contributed by atoms with Gasteiger partial charge in [0.15, 0.2) is 4.80 Å². The molecular weight excluding hydrogens is 652 g/mol. The van der Waals surface area contributed by atoms with Gasteiger partial charge in [0, 0.05) is 10.0 Å². The molecule has 7 nitrogen and oxygen atoms in total. The molecule has 0 aliphatic carbocycles. The van der Waals surface area contributed by atoms with E-state index < -0.39 is 12.0 Å². The van der Waals surface area contributed by atoms with Gasteiger partial charge in [-0.05, 0) is 66.1 Å². The molecule has 0 saturated carbocycles. The van der Waals surface area contributed by atoms with Crippen LogP contribution in [0.2, 0.25) is 0 Å². The third-order valence-electron chi connectivity index (χ3n) is 7.28. The lowest BCUT2D eigenvalue weighted by Crippen LogP contribution is -2.40. The van der Waals surface area contributed by atoms with Crippen molar-refractivity contribution in [2.75, 3.05) is 13.7 Å². The van der Waals surface area contributed by atoms with E-state index in [0.717, 1.165) is 26.7 Å². The molecule has 5 aromatic rings. The van der Waals surface area contributed by atoms with Crippen molar-refractivity contribution in [3.63, 3.8) is 0 Å². The summed E-state index contributed by atoms with van der Waals surface area (Å²) in [7, 11) is 1.59. The Morgan fingerprint density at radius 3 is 2.42 bits per heavy atom. The van der Waals surface area contributed by atoms with Crippen LogP contribution in [0.1, 0.15) is 35.2 Å². The van der Waals surface area contributed by atoms with Gasteiger partial charge in [0.05, 0.1) is 35.6 Å². The number of carbonyl (C=O) groups excluding carboxylic acids is 1. The first-order valence-corrected chi connectivity index (χ1v) is 16.0. The molecule has 4 aromatic carbocycles. The summed E-state index contributed by atoms with van der Waals surface area (Å²) in [6.45, 7) is 2.36. The number of fused-ring (bicyclic) bond motifs is 1. The molecule has 0 spiro atoms. The highest BCUT2D eigenvalue weighted by molar-refractivity contribution is 9.10. The number of methoxy groups -OCH3 is 1. The number of esters is 1. The number of thiazole rings is 1. The minimum Gasteiger partial charge on any atom is -0.497 e. The van der Waals surface area contributed by atoms with Crippen LogP contribution in [0.25, 0.3) is 11.8 Å². The van der Waals surface area contributed by atoms with E-state index in [0.29, 0.717) is 38.7 Å². The fourth-order valence-corrected chi connectivity index (χ4v) is 6.40. The normalized spacial score (nSPS) is 14.5. The third kappa shape index (κ3) is 6.55. The zero-order valence-electron chi connectivity index (χ0n) is 24.6. The van der Waals surface area contributed by atoms with E-state index in [9.17, 15) is 9.59 Å². The zero-order valence-corrected chi connectivity index (χ0v) is 27.0. The SMILES string of the molecule is CCOC(=O)C1=C(c2ccccc2)N=c2s/c(=C\c3cccc(OCc4ccc(Br)cc4)c3)c(=O)n2[C@H]1c1ccc(OC)cc1. The number of benzene rings is 4. The maximum Gasteiger partial charge on any atom is 0.338 e. The third-order valence-corrected chi connectivity index (χ3v) is 8.79. The highest BCUT2D eigenvalue weighted by Crippen LogP contribution is 2.35. The van der Waals surface area contributed by atoms with Crippen LogP contribution in [0.4, 0.5) is 0 Å². The summed E-state index contributed by atoms with van der Waals surface area (Å²) in [6.07, 6.45) is 1.83. The maximum atomic E-state index is 14.2. The van der Waals surface area contributed by atoms with Crippen LogP contribution in [-0.2, 0) is 16.1 Å². The van der Waals surface area contributed by atoms with Crippen molar-refractivity contribution in [3.8, 4) is 11.5 Å². The summed E-state index contributed by atoms with van der Waals surface area (Å²) in [5.74, 6) is 0.829. The highest BCUT2D eigenvalue weighted by atomic mass is 79.9. The molecule has 1 atom stereocenters. The maximum absolute atomic E-state index is 14.2. The smallest absolute Gasteiger partial charge is 0.338 e. The van der Waals surface area contributed by atoms with E-state index in [1.54, 1.807) is 18.6 Å². The highest BCUT2D eigenvalue weighted by Gasteiger charge is 2.35. The minimum atomic E-state index is -0.760. The fraction of sp³-hybridized carbons (Fsp3) is 0.139. The van der Waals surface area contributed by atoms with Gasteiger partial charge in [-0.3, -0.25) is 9.36 Å². The van der Waals surface area contributed by atoms with Crippen molar-refractivity contribution < 1.29 is 19.0 Å². The Labute approximate surface area is 272 Å².